The van der Waals surface area contributed by atoms with E-state index in [-0.39, 0.29) is 39.6 Å². The summed E-state index contributed by atoms with van der Waals surface area (Å²) in [6, 6.07) is 0. The van der Waals surface area contributed by atoms with Crippen molar-refractivity contribution < 1.29 is 63.6 Å². The van der Waals surface area contributed by atoms with Crippen molar-refractivity contribution in [3.05, 3.63) is 0 Å². The smallest absolute Gasteiger partial charge is 0.394 e. The van der Waals surface area contributed by atoms with Gasteiger partial charge in [0.25, 0.3) is 0 Å². The molecular weight excluding hydrogens is 395 g/mol. The SMILES string of the molecule is OCCOCCOCCOCCOC(C(F)(F)F)(C(F)(F)F)C(F)(F)F. The van der Waals surface area contributed by atoms with E-state index in [1.807, 2.05) is 0 Å². The summed E-state index contributed by atoms with van der Waals surface area (Å²) in [6.45, 7) is -2.92. The number of hydrogen-bond donors (Lipinski definition) is 1. The van der Waals surface area contributed by atoms with Gasteiger partial charge in [0, 0.05) is 0 Å². The molecule has 0 fully saturated rings. The van der Waals surface area contributed by atoms with E-state index in [4.69, 9.17) is 14.6 Å². The summed E-state index contributed by atoms with van der Waals surface area (Å²) in [5, 5.41) is 8.39. The first-order valence-electron chi connectivity index (χ1n) is 6.99. The molecule has 0 aromatic heterocycles. The van der Waals surface area contributed by atoms with Crippen LogP contribution < -0.4 is 0 Å². The van der Waals surface area contributed by atoms with Gasteiger partial charge in [-0.1, -0.05) is 0 Å². The maximum atomic E-state index is 12.5. The Hall–Kier alpha value is -0.830. The number of aliphatic hydroxyl groups excluding tert-OH is 1. The van der Waals surface area contributed by atoms with Gasteiger partial charge in [-0.2, -0.15) is 39.5 Å². The second-order valence-electron chi connectivity index (χ2n) is 4.58. The molecule has 0 amide bonds. The predicted octanol–water partition coefficient (Wildman–Crippen LogP) is 2.47. The number of aliphatic hydroxyl groups is 1. The number of ether oxygens (including phenoxy) is 4. The number of hydrogen-bond acceptors (Lipinski definition) is 5. The lowest BCUT2D eigenvalue weighted by Gasteiger charge is -2.37. The van der Waals surface area contributed by atoms with Crippen molar-refractivity contribution in [3.8, 4) is 0 Å². The van der Waals surface area contributed by atoms with Gasteiger partial charge in [0.1, 0.15) is 0 Å². The summed E-state index contributed by atoms with van der Waals surface area (Å²) in [5.41, 5.74) is -6.29. The van der Waals surface area contributed by atoms with Crippen molar-refractivity contribution >= 4 is 0 Å². The molecule has 0 radical (unpaired) electrons. The van der Waals surface area contributed by atoms with Gasteiger partial charge in [0.2, 0.25) is 0 Å². The van der Waals surface area contributed by atoms with Gasteiger partial charge in [-0.15, -0.1) is 0 Å². The molecule has 0 saturated carbocycles. The molecule has 158 valence electrons. The molecule has 0 aromatic carbocycles. The van der Waals surface area contributed by atoms with E-state index in [2.05, 4.69) is 9.47 Å². The zero-order valence-corrected chi connectivity index (χ0v) is 13.1. The first kappa shape index (κ1) is 25.2. The quantitative estimate of drug-likeness (QED) is 0.394. The van der Waals surface area contributed by atoms with Gasteiger partial charge in [-0.3, -0.25) is 0 Å². The second-order valence-corrected chi connectivity index (χ2v) is 4.58. The monoisotopic (exact) mass is 412 g/mol. The van der Waals surface area contributed by atoms with Gasteiger partial charge in [-0.25, -0.2) is 0 Å². The molecule has 0 aliphatic carbocycles. The van der Waals surface area contributed by atoms with Crippen LogP contribution in [-0.2, 0) is 18.9 Å². The van der Waals surface area contributed by atoms with Crippen LogP contribution in [0.3, 0.4) is 0 Å². The van der Waals surface area contributed by atoms with E-state index in [0.29, 0.717) is 0 Å². The number of halogens is 9. The van der Waals surface area contributed by atoms with E-state index in [1.54, 1.807) is 0 Å². The third-order valence-electron chi connectivity index (χ3n) is 2.72. The summed E-state index contributed by atoms with van der Waals surface area (Å²) in [5.74, 6) is 0. The van der Waals surface area contributed by atoms with Crippen LogP contribution in [0.1, 0.15) is 0 Å². The number of alkyl halides is 9. The number of rotatable bonds is 12. The Morgan fingerprint density at radius 3 is 1.12 bits per heavy atom. The standard InChI is InChI=1S/C12H17F9O5/c13-10(14,15)9(11(16,17)18,12(19,20)21)26-8-7-25-6-5-24-4-3-23-2-1-22/h22H,1-8H2. The molecule has 0 bridgehead atoms. The first-order valence-corrected chi connectivity index (χ1v) is 6.99. The molecule has 0 aliphatic rings. The van der Waals surface area contributed by atoms with E-state index >= 15 is 0 Å². The van der Waals surface area contributed by atoms with Crippen LogP contribution in [0.5, 0.6) is 0 Å². The third kappa shape index (κ3) is 7.06. The average Bonchev–Trinajstić information content (AvgIpc) is 2.44. The molecule has 0 aliphatic heterocycles. The van der Waals surface area contributed by atoms with E-state index in [1.165, 1.54) is 0 Å². The molecule has 26 heavy (non-hydrogen) atoms. The second kappa shape index (κ2) is 10.5. The van der Waals surface area contributed by atoms with Crippen molar-refractivity contribution in [2.24, 2.45) is 0 Å². The van der Waals surface area contributed by atoms with Crippen molar-refractivity contribution in [1.82, 2.24) is 0 Å². The zero-order chi connectivity index (χ0) is 20.5. The molecule has 0 spiro atoms. The molecule has 0 aromatic rings. The first-order chi connectivity index (χ1) is 11.8. The van der Waals surface area contributed by atoms with Crippen molar-refractivity contribution in [1.29, 1.82) is 0 Å². The Kier molecular flexibility index (Phi) is 10.2. The molecule has 1 N–H and O–H groups in total. The summed E-state index contributed by atoms with van der Waals surface area (Å²) in [6.07, 6.45) is -20.3. The summed E-state index contributed by atoms with van der Waals surface area (Å²) in [7, 11) is 0. The minimum absolute atomic E-state index is 0.0686. The molecule has 0 saturated heterocycles. The third-order valence-corrected chi connectivity index (χ3v) is 2.72. The van der Waals surface area contributed by atoms with Crippen molar-refractivity contribution in [2.75, 3.05) is 52.9 Å². The van der Waals surface area contributed by atoms with Crippen molar-refractivity contribution in [2.45, 2.75) is 24.1 Å². The van der Waals surface area contributed by atoms with E-state index < -0.39 is 37.3 Å². The van der Waals surface area contributed by atoms with E-state index in [9.17, 15) is 39.5 Å². The highest BCUT2D eigenvalue weighted by molar-refractivity contribution is 5.02. The average molecular weight is 412 g/mol. The maximum absolute atomic E-state index is 12.5. The molecule has 0 unspecified atom stereocenters. The largest absolute Gasteiger partial charge is 0.435 e. The lowest BCUT2D eigenvalue weighted by Crippen LogP contribution is -2.68. The van der Waals surface area contributed by atoms with Gasteiger partial charge in [0.05, 0.1) is 52.9 Å². The Balaban J connectivity index is 4.38. The Morgan fingerprint density at radius 1 is 0.500 bits per heavy atom. The summed E-state index contributed by atoms with van der Waals surface area (Å²) < 4.78 is 130. The molecule has 14 heteroatoms. The van der Waals surface area contributed by atoms with Crippen LogP contribution in [0.2, 0.25) is 0 Å². The van der Waals surface area contributed by atoms with Gasteiger partial charge >= 0.3 is 24.1 Å². The highest BCUT2D eigenvalue weighted by Crippen LogP contribution is 2.54. The van der Waals surface area contributed by atoms with Crippen molar-refractivity contribution in [3.63, 3.8) is 0 Å². The fourth-order valence-corrected chi connectivity index (χ4v) is 1.59. The summed E-state index contributed by atoms with van der Waals surface area (Å²) in [4.78, 5) is 0. The molecule has 0 atom stereocenters. The van der Waals surface area contributed by atoms with Gasteiger partial charge in [0.15, 0.2) is 0 Å². The lowest BCUT2D eigenvalue weighted by molar-refractivity contribution is -0.457. The molecule has 0 heterocycles. The van der Waals surface area contributed by atoms with E-state index in [0.717, 1.165) is 0 Å². The minimum Gasteiger partial charge on any atom is -0.394 e. The van der Waals surface area contributed by atoms with Gasteiger partial charge < -0.3 is 24.1 Å². The highest BCUT2D eigenvalue weighted by Gasteiger charge is 2.85. The maximum Gasteiger partial charge on any atom is 0.435 e. The Bertz CT molecular complexity index is 345. The lowest BCUT2D eigenvalue weighted by atomic mass is 10.0. The van der Waals surface area contributed by atoms with Crippen LogP contribution in [0.15, 0.2) is 0 Å². The zero-order valence-electron chi connectivity index (χ0n) is 13.1. The summed E-state index contributed by atoms with van der Waals surface area (Å²) >= 11 is 0. The highest BCUT2D eigenvalue weighted by atomic mass is 19.4. The van der Waals surface area contributed by atoms with Crippen LogP contribution >= 0.6 is 0 Å². The Labute approximate surface area is 141 Å². The van der Waals surface area contributed by atoms with Gasteiger partial charge in [-0.05, 0) is 0 Å². The van der Waals surface area contributed by atoms with Crippen LogP contribution in [0.25, 0.3) is 0 Å². The fraction of sp³-hybridized carbons (Fsp3) is 1.00. The topological polar surface area (TPSA) is 57.2 Å². The van der Waals surface area contributed by atoms with Crippen LogP contribution in [-0.4, -0.2) is 82.1 Å². The fourth-order valence-electron chi connectivity index (χ4n) is 1.59. The Morgan fingerprint density at radius 2 is 0.808 bits per heavy atom. The van der Waals surface area contributed by atoms with Crippen LogP contribution in [0, 0.1) is 0 Å². The molecular formula is C12H17F9O5. The predicted molar refractivity (Wildman–Crippen MR) is 66.4 cm³/mol. The van der Waals surface area contributed by atoms with Crippen LogP contribution in [0.4, 0.5) is 39.5 Å². The molecule has 0 rings (SSSR count). The normalized spacial score (nSPS) is 14.1. The molecule has 5 nitrogen and oxygen atoms in total. The minimum atomic E-state index is -6.76.